The zero-order chi connectivity index (χ0) is 23.7. The van der Waals surface area contributed by atoms with Crippen LogP contribution < -0.4 is 10.6 Å². The van der Waals surface area contributed by atoms with Crippen molar-refractivity contribution in [3.05, 3.63) is 75.1 Å². The van der Waals surface area contributed by atoms with Gasteiger partial charge < -0.3 is 10.6 Å². The van der Waals surface area contributed by atoms with Gasteiger partial charge in [0.25, 0.3) is 0 Å². The van der Waals surface area contributed by atoms with Gasteiger partial charge in [0.2, 0.25) is 11.6 Å². The highest BCUT2D eigenvalue weighted by Gasteiger charge is 2.32. The maximum atomic E-state index is 13.0. The van der Waals surface area contributed by atoms with E-state index in [-0.39, 0.29) is 16.4 Å². The number of halogens is 7. The van der Waals surface area contributed by atoms with Gasteiger partial charge in [0.15, 0.2) is 0 Å². The van der Waals surface area contributed by atoms with Crippen LogP contribution >= 0.6 is 11.6 Å². The lowest BCUT2D eigenvalue weighted by atomic mass is 10.2. The lowest BCUT2D eigenvalue weighted by Gasteiger charge is -2.14. The first kappa shape index (κ1) is 23.1. The molecule has 2 aromatic carbocycles. The van der Waals surface area contributed by atoms with E-state index in [9.17, 15) is 36.5 Å². The van der Waals surface area contributed by atoms with Crippen molar-refractivity contribution in [1.29, 1.82) is 0 Å². The number of benzene rings is 2. The topological polar surface area (TPSA) is 93.0 Å². The molecule has 0 atom stereocenters. The number of nitrogens with one attached hydrogen (secondary N) is 2. The van der Waals surface area contributed by atoms with Crippen molar-refractivity contribution in [2.24, 2.45) is 0 Å². The Balaban J connectivity index is 2.01. The molecule has 32 heavy (non-hydrogen) atoms. The Morgan fingerprint density at radius 3 is 2.06 bits per heavy atom. The van der Waals surface area contributed by atoms with E-state index in [1.807, 2.05) is 0 Å². The molecule has 0 unspecified atom stereocenters. The third kappa shape index (κ3) is 5.17. The molecule has 1 aromatic heterocycles. The Morgan fingerprint density at radius 2 is 1.47 bits per heavy atom. The summed E-state index contributed by atoms with van der Waals surface area (Å²) in [5.74, 6) is -1.02. The SMILES string of the molecule is O=[N+]([O-])c1c(Nc2cccc(C(F)(F)F)c2)ncnc1Nc1cc(C(F)(F)F)ccc1Cl. The fourth-order valence-corrected chi connectivity index (χ4v) is 2.73. The average Bonchev–Trinajstić information content (AvgIpc) is 2.68. The number of alkyl halides is 6. The van der Waals surface area contributed by atoms with Crippen LogP contribution in [0.4, 0.5) is 55.0 Å². The third-order valence-corrected chi connectivity index (χ3v) is 4.33. The van der Waals surface area contributed by atoms with E-state index in [0.717, 1.165) is 30.6 Å². The number of nitro groups is 1. The first-order valence-corrected chi connectivity index (χ1v) is 8.81. The van der Waals surface area contributed by atoms with Crippen LogP contribution in [-0.4, -0.2) is 14.9 Å². The van der Waals surface area contributed by atoms with Crippen molar-refractivity contribution in [2.45, 2.75) is 12.4 Å². The van der Waals surface area contributed by atoms with Gasteiger partial charge in [0.05, 0.1) is 26.8 Å². The number of anilines is 4. The summed E-state index contributed by atoms with van der Waals surface area (Å²) in [5.41, 5.74) is -3.38. The van der Waals surface area contributed by atoms with E-state index in [0.29, 0.717) is 12.1 Å². The second-order valence-corrected chi connectivity index (χ2v) is 6.60. The van der Waals surface area contributed by atoms with Crippen LogP contribution in [-0.2, 0) is 12.4 Å². The predicted octanol–water partition coefficient (Wildman–Crippen LogP) is 6.56. The summed E-state index contributed by atoms with van der Waals surface area (Å²) in [6.45, 7) is 0. The Labute approximate surface area is 180 Å². The standard InChI is InChI=1S/C18H10ClF6N5O2/c19-12-5-4-10(18(23,24)25)7-13(12)29-16-14(30(31)32)15(26-8-27-16)28-11-3-1-2-9(6-11)17(20,21)22/h1-8H,(H2,26,27,28,29). The lowest BCUT2D eigenvalue weighted by Crippen LogP contribution is -2.08. The number of hydrogen-bond donors (Lipinski definition) is 2. The summed E-state index contributed by atoms with van der Waals surface area (Å²) in [5, 5.41) is 16.2. The minimum atomic E-state index is -4.70. The summed E-state index contributed by atoms with van der Waals surface area (Å²) in [6.07, 6.45) is -8.51. The molecule has 0 radical (unpaired) electrons. The summed E-state index contributed by atoms with van der Waals surface area (Å²) >= 11 is 5.89. The van der Waals surface area contributed by atoms with E-state index in [4.69, 9.17) is 11.6 Å². The molecule has 2 N–H and O–H groups in total. The molecule has 3 aromatic rings. The number of nitrogens with zero attached hydrogens (tertiary/aromatic N) is 3. The molecule has 7 nitrogen and oxygen atoms in total. The number of hydrogen-bond acceptors (Lipinski definition) is 6. The Morgan fingerprint density at radius 1 is 0.875 bits per heavy atom. The molecule has 0 saturated carbocycles. The normalized spacial score (nSPS) is 11.8. The van der Waals surface area contributed by atoms with Gasteiger partial charge in [0.1, 0.15) is 6.33 Å². The molecule has 0 saturated heterocycles. The maximum Gasteiger partial charge on any atom is 0.416 e. The lowest BCUT2D eigenvalue weighted by molar-refractivity contribution is -0.383. The van der Waals surface area contributed by atoms with Crippen LogP contribution in [0, 0.1) is 10.1 Å². The molecular formula is C18H10ClF6N5O2. The molecule has 0 spiro atoms. The zero-order valence-electron chi connectivity index (χ0n) is 15.4. The van der Waals surface area contributed by atoms with Crippen molar-refractivity contribution in [3.8, 4) is 0 Å². The number of aromatic nitrogens is 2. The van der Waals surface area contributed by atoms with Gasteiger partial charge in [-0.1, -0.05) is 17.7 Å². The van der Waals surface area contributed by atoms with Gasteiger partial charge in [0, 0.05) is 5.69 Å². The van der Waals surface area contributed by atoms with Crippen molar-refractivity contribution in [2.75, 3.05) is 10.6 Å². The van der Waals surface area contributed by atoms with Gasteiger partial charge in [-0.2, -0.15) is 26.3 Å². The van der Waals surface area contributed by atoms with Crippen LogP contribution in [0.1, 0.15) is 11.1 Å². The molecule has 0 aliphatic heterocycles. The minimum Gasteiger partial charge on any atom is -0.334 e. The summed E-state index contributed by atoms with van der Waals surface area (Å²) in [7, 11) is 0. The van der Waals surface area contributed by atoms with Crippen molar-refractivity contribution >= 4 is 40.3 Å². The van der Waals surface area contributed by atoms with Gasteiger partial charge in [-0.25, -0.2) is 9.97 Å². The highest BCUT2D eigenvalue weighted by Crippen LogP contribution is 2.38. The van der Waals surface area contributed by atoms with Gasteiger partial charge >= 0.3 is 18.0 Å². The first-order chi connectivity index (χ1) is 14.9. The zero-order valence-corrected chi connectivity index (χ0v) is 16.2. The first-order valence-electron chi connectivity index (χ1n) is 8.43. The predicted molar refractivity (Wildman–Crippen MR) is 103 cm³/mol. The van der Waals surface area contributed by atoms with E-state index >= 15 is 0 Å². The second kappa shape index (κ2) is 8.49. The number of rotatable bonds is 5. The van der Waals surface area contributed by atoms with Crippen LogP contribution in [0.2, 0.25) is 5.02 Å². The maximum absolute atomic E-state index is 13.0. The molecule has 3 rings (SSSR count). The highest BCUT2D eigenvalue weighted by molar-refractivity contribution is 6.33. The molecule has 0 aliphatic carbocycles. The van der Waals surface area contributed by atoms with Gasteiger partial charge in [-0.15, -0.1) is 0 Å². The average molecular weight is 478 g/mol. The van der Waals surface area contributed by atoms with Crippen LogP contribution in [0.25, 0.3) is 0 Å². The third-order valence-electron chi connectivity index (χ3n) is 4.00. The second-order valence-electron chi connectivity index (χ2n) is 6.20. The fraction of sp³-hybridized carbons (Fsp3) is 0.111. The highest BCUT2D eigenvalue weighted by atomic mass is 35.5. The summed E-state index contributed by atoms with van der Waals surface area (Å²) in [4.78, 5) is 18.0. The van der Waals surface area contributed by atoms with E-state index < -0.39 is 45.7 Å². The van der Waals surface area contributed by atoms with Crippen molar-refractivity contribution < 1.29 is 31.3 Å². The largest absolute Gasteiger partial charge is 0.416 e. The molecule has 14 heteroatoms. The smallest absolute Gasteiger partial charge is 0.334 e. The van der Waals surface area contributed by atoms with Crippen molar-refractivity contribution in [1.82, 2.24) is 9.97 Å². The molecule has 0 amide bonds. The molecule has 168 valence electrons. The van der Waals surface area contributed by atoms with Crippen LogP contribution in [0.15, 0.2) is 48.8 Å². The van der Waals surface area contributed by atoms with E-state index in [1.165, 1.54) is 6.07 Å². The Hall–Kier alpha value is -3.61. The molecule has 0 aliphatic rings. The van der Waals surface area contributed by atoms with Crippen molar-refractivity contribution in [3.63, 3.8) is 0 Å². The monoisotopic (exact) mass is 477 g/mol. The van der Waals surface area contributed by atoms with E-state index in [2.05, 4.69) is 20.6 Å². The fourth-order valence-electron chi connectivity index (χ4n) is 2.57. The van der Waals surface area contributed by atoms with Crippen LogP contribution in [0.5, 0.6) is 0 Å². The van der Waals surface area contributed by atoms with Gasteiger partial charge in [-0.3, -0.25) is 10.1 Å². The minimum absolute atomic E-state index is 0.162. The molecular weight excluding hydrogens is 468 g/mol. The molecule has 1 heterocycles. The Bertz CT molecular complexity index is 1170. The van der Waals surface area contributed by atoms with E-state index in [1.54, 1.807) is 0 Å². The quantitative estimate of drug-likeness (QED) is 0.245. The summed E-state index contributed by atoms with van der Waals surface area (Å²) in [6, 6.07) is 6.13. The van der Waals surface area contributed by atoms with Crippen LogP contribution in [0.3, 0.4) is 0 Å². The Kier molecular flexibility index (Phi) is 6.12. The molecule has 0 bridgehead atoms. The van der Waals surface area contributed by atoms with Gasteiger partial charge in [-0.05, 0) is 36.4 Å². The molecule has 0 fully saturated rings. The summed E-state index contributed by atoms with van der Waals surface area (Å²) < 4.78 is 77.7.